The van der Waals surface area contributed by atoms with Gasteiger partial charge in [-0.15, -0.1) is 0 Å². The molecular weight excluding hydrogens is 256 g/mol. The van der Waals surface area contributed by atoms with Crippen molar-refractivity contribution in [2.75, 3.05) is 13.7 Å². The number of methoxy groups -OCH3 is 1. The molecule has 5 atom stereocenters. The zero-order valence-corrected chi connectivity index (χ0v) is 12.5. The first-order valence-electron chi connectivity index (χ1n) is 8.57. The zero-order valence-electron chi connectivity index (χ0n) is 15.5. The summed E-state index contributed by atoms with van der Waals surface area (Å²) >= 11 is 0. The lowest BCUT2D eigenvalue weighted by atomic mass is 9.69. The van der Waals surface area contributed by atoms with Gasteiger partial charge in [0.2, 0.25) is 0 Å². The predicted molar refractivity (Wildman–Crippen MR) is 74.5 cm³/mol. The van der Waals surface area contributed by atoms with E-state index in [1.165, 1.54) is 12.7 Å². The van der Waals surface area contributed by atoms with Crippen LogP contribution in [0.5, 0.6) is 0 Å². The molecule has 3 rings (SSSR count). The highest BCUT2D eigenvalue weighted by Gasteiger charge is 2.71. The third-order valence-corrected chi connectivity index (χ3v) is 4.59. The van der Waals surface area contributed by atoms with E-state index < -0.39 is 35.4 Å². The molecule has 0 aromatic rings. The van der Waals surface area contributed by atoms with Gasteiger partial charge in [-0.1, -0.05) is 11.6 Å². The number of hydrogen-bond donors (Lipinski definition) is 0. The topological polar surface area (TPSA) is 51.4 Å². The molecule has 0 bridgehead atoms. The van der Waals surface area contributed by atoms with Crippen LogP contribution in [0.2, 0.25) is 0 Å². The van der Waals surface area contributed by atoms with Crippen molar-refractivity contribution in [3.8, 4) is 0 Å². The van der Waals surface area contributed by atoms with Crippen molar-refractivity contribution in [3.63, 3.8) is 0 Å². The Balaban J connectivity index is 1.94. The SMILES string of the molecule is [2H]C1([2H])C[C@]2(CO2)[C@@H]([C@@]2(C)O[C@@H]2CC=C(C)C)[C@@]([2H])(OC)C1=O. The lowest BCUT2D eigenvalue weighted by molar-refractivity contribution is -0.142. The van der Waals surface area contributed by atoms with Crippen molar-refractivity contribution in [2.24, 2.45) is 5.92 Å². The molecule has 0 aromatic carbocycles. The fourth-order valence-electron chi connectivity index (χ4n) is 3.29. The Morgan fingerprint density at radius 2 is 2.35 bits per heavy atom. The summed E-state index contributed by atoms with van der Waals surface area (Å²) in [6.07, 6.45) is -1.50. The minimum Gasteiger partial charge on any atom is -0.373 e. The maximum Gasteiger partial charge on any atom is 0.162 e. The minimum absolute atomic E-state index is 0.0399. The molecule has 1 aliphatic carbocycles. The van der Waals surface area contributed by atoms with E-state index >= 15 is 0 Å². The second kappa shape index (κ2) is 4.65. The van der Waals surface area contributed by atoms with Gasteiger partial charge in [-0.2, -0.15) is 0 Å². The van der Waals surface area contributed by atoms with Crippen molar-refractivity contribution in [3.05, 3.63) is 11.6 Å². The number of rotatable bonds is 4. The summed E-state index contributed by atoms with van der Waals surface area (Å²) in [6.45, 7) is 6.23. The quantitative estimate of drug-likeness (QED) is 0.586. The van der Waals surface area contributed by atoms with Gasteiger partial charge >= 0.3 is 0 Å². The van der Waals surface area contributed by atoms with Crippen LogP contribution in [0.25, 0.3) is 0 Å². The summed E-state index contributed by atoms with van der Waals surface area (Å²) < 4.78 is 41.3. The third kappa shape index (κ3) is 2.14. The minimum atomic E-state index is -2.12. The number of hydrogen-bond acceptors (Lipinski definition) is 4. The van der Waals surface area contributed by atoms with E-state index in [1.807, 2.05) is 20.8 Å². The van der Waals surface area contributed by atoms with Crippen LogP contribution in [-0.2, 0) is 19.0 Å². The Morgan fingerprint density at radius 1 is 1.65 bits per heavy atom. The van der Waals surface area contributed by atoms with Crippen LogP contribution in [0.4, 0.5) is 0 Å². The van der Waals surface area contributed by atoms with E-state index in [0.717, 1.165) is 0 Å². The summed E-state index contributed by atoms with van der Waals surface area (Å²) in [5, 5.41) is 0. The molecule has 0 N–H and O–H groups in total. The van der Waals surface area contributed by atoms with Gasteiger partial charge in [0, 0.05) is 16.2 Å². The van der Waals surface area contributed by atoms with Crippen molar-refractivity contribution in [1.29, 1.82) is 0 Å². The van der Waals surface area contributed by atoms with Crippen LogP contribution in [0.15, 0.2) is 11.6 Å². The van der Waals surface area contributed by atoms with Gasteiger partial charge in [0.25, 0.3) is 0 Å². The maximum absolute atomic E-state index is 12.6. The number of carbonyl (C=O) groups is 1. The Labute approximate surface area is 124 Å². The first kappa shape index (κ1) is 10.9. The van der Waals surface area contributed by atoms with Gasteiger partial charge in [-0.3, -0.25) is 4.79 Å². The fraction of sp³-hybridized carbons (Fsp3) is 0.812. The normalized spacial score (nSPS) is 54.8. The van der Waals surface area contributed by atoms with Crippen LogP contribution < -0.4 is 0 Å². The zero-order chi connectivity index (χ0) is 17.3. The van der Waals surface area contributed by atoms with Crippen LogP contribution in [0.3, 0.4) is 0 Å². The largest absolute Gasteiger partial charge is 0.373 e. The highest BCUT2D eigenvalue weighted by molar-refractivity contribution is 5.85. The number of carbonyl (C=O) groups excluding carboxylic acids is 1. The van der Waals surface area contributed by atoms with E-state index in [9.17, 15) is 4.79 Å². The second-order valence-electron chi connectivity index (χ2n) is 6.35. The van der Waals surface area contributed by atoms with Crippen molar-refractivity contribution < 1.29 is 23.1 Å². The highest BCUT2D eigenvalue weighted by Crippen LogP contribution is 2.58. The summed E-state index contributed by atoms with van der Waals surface area (Å²) in [6, 6.07) is 0. The molecule has 1 saturated carbocycles. The van der Waals surface area contributed by atoms with Crippen molar-refractivity contribution >= 4 is 5.78 Å². The molecular formula is C16H24O4. The van der Waals surface area contributed by atoms with Crippen molar-refractivity contribution in [2.45, 2.75) is 63.4 Å². The molecule has 3 aliphatic rings. The monoisotopic (exact) mass is 283 g/mol. The molecule has 20 heavy (non-hydrogen) atoms. The molecule has 0 aromatic heterocycles. The van der Waals surface area contributed by atoms with E-state index in [-0.39, 0.29) is 12.5 Å². The fourth-order valence-corrected chi connectivity index (χ4v) is 3.29. The summed E-state index contributed by atoms with van der Waals surface area (Å²) in [5.41, 5.74) is -0.379. The van der Waals surface area contributed by atoms with Crippen LogP contribution in [0, 0.1) is 5.92 Å². The lowest BCUT2D eigenvalue weighted by Gasteiger charge is -2.37. The number of ketones is 1. The summed E-state index contributed by atoms with van der Waals surface area (Å²) in [7, 11) is 1.28. The lowest BCUT2D eigenvalue weighted by Crippen LogP contribution is -2.52. The molecule has 0 radical (unpaired) electrons. The van der Waals surface area contributed by atoms with Crippen LogP contribution >= 0.6 is 0 Å². The smallest absolute Gasteiger partial charge is 0.162 e. The van der Waals surface area contributed by atoms with Gasteiger partial charge in [0.05, 0.1) is 20.0 Å². The maximum atomic E-state index is 12.6. The van der Waals surface area contributed by atoms with Crippen molar-refractivity contribution in [1.82, 2.24) is 0 Å². The Bertz CT molecular complexity index is 568. The molecule has 4 nitrogen and oxygen atoms in total. The van der Waals surface area contributed by atoms with E-state index in [4.69, 9.17) is 18.3 Å². The predicted octanol–water partition coefficient (Wildman–Crippen LogP) is 2.26. The first-order valence-corrected chi connectivity index (χ1v) is 7.07. The number of epoxide rings is 2. The average molecular weight is 283 g/mol. The van der Waals surface area contributed by atoms with E-state index in [2.05, 4.69) is 6.08 Å². The van der Waals surface area contributed by atoms with E-state index in [0.29, 0.717) is 13.0 Å². The molecule has 0 unspecified atom stereocenters. The van der Waals surface area contributed by atoms with E-state index in [1.54, 1.807) is 0 Å². The van der Waals surface area contributed by atoms with Crippen LogP contribution in [0.1, 0.15) is 44.1 Å². The molecule has 3 fully saturated rings. The van der Waals surface area contributed by atoms with Crippen LogP contribution in [-0.4, -0.2) is 42.9 Å². The molecule has 2 heterocycles. The molecule has 0 amide bonds. The number of ether oxygens (including phenoxy) is 3. The molecule has 1 spiro atoms. The van der Waals surface area contributed by atoms with Gasteiger partial charge in [-0.05, 0) is 33.6 Å². The average Bonchev–Trinajstić information content (AvgIpc) is 3.33. The first-order chi connectivity index (χ1) is 10.5. The summed E-state index contributed by atoms with van der Waals surface area (Å²) in [4.78, 5) is 12.6. The summed E-state index contributed by atoms with van der Waals surface area (Å²) in [5.74, 6) is -1.48. The molecule has 2 saturated heterocycles. The van der Waals surface area contributed by atoms with Gasteiger partial charge in [0.1, 0.15) is 17.3 Å². The second-order valence-corrected chi connectivity index (χ2v) is 6.35. The Hall–Kier alpha value is -0.710. The number of Topliss-reactive ketones (excluding diaryl/α,β-unsaturated/α-hetero) is 1. The Kier molecular flexibility index (Phi) is 2.54. The molecule has 4 heteroatoms. The Morgan fingerprint density at radius 3 is 2.90 bits per heavy atom. The molecule has 2 aliphatic heterocycles. The standard InChI is InChI=1S/C16H24O4/c1-10(2)5-6-12-15(3,20-12)14-13(18-4)11(17)7-8-16(14)9-19-16/h5,12-14H,6-9H2,1-4H3/t12-,13+,14-,15+,16+/m1/s1/i7D2,13D. The highest BCUT2D eigenvalue weighted by atomic mass is 16.6. The van der Waals surface area contributed by atoms with Gasteiger partial charge < -0.3 is 14.2 Å². The van der Waals surface area contributed by atoms with Gasteiger partial charge in [0.15, 0.2) is 5.78 Å². The van der Waals surface area contributed by atoms with Gasteiger partial charge in [-0.25, -0.2) is 0 Å². The number of allylic oxidation sites excluding steroid dienone is 1. The molecule has 112 valence electrons. The third-order valence-electron chi connectivity index (χ3n) is 4.59.